The molecule has 0 N–H and O–H groups in total. The van der Waals surface area contributed by atoms with Crippen molar-refractivity contribution in [3.63, 3.8) is 0 Å². The highest BCUT2D eigenvalue weighted by Crippen LogP contribution is 2.35. The molecule has 0 aromatic carbocycles. The molecule has 0 saturated carbocycles. The molecule has 0 unspecified atom stereocenters. The Morgan fingerprint density at radius 2 is 1.77 bits per heavy atom. The minimum atomic E-state index is -4.30. The van der Waals surface area contributed by atoms with Crippen molar-refractivity contribution in [2.24, 2.45) is 0 Å². The van der Waals surface area contributed by atoms with Crippen molar-refractivity contribution in [3.8, 4) is 0 Å². The summed E-state index contributed by atoms with van der Waals surface area (Å²) in [7, 11) is 0. The van der Waals surface area contributed by atoms with Gasteiger partial charge in [0.2, 0.25) is 0 Å². The topological polar surface area (TPSA) is 18.5 Å². The third-order valence-corrected chi connectivity index (χ3v) is 1.82. The maximum absolute atomic E-state index is 12.3. The van der Waals surface area contributed by atoms with Crippen molar-refractivity contribution >= 4 is 0 Å². The molecule has 2 nitrogen and oxygen atoms in total. The number of hydrogen-bond donors (Lipinski definition) is 0. The molecule has 5 heteroatoms. The average molecular weight is 198 g/mol. The van der Waals surface area contributed by atoms with Gasteiger partial charge in [-0.15, -0.1) is 0 Å². The van der Waals surface area contributed by atoms with E-state index in [1.165, 1.54) is 13.8 Å². The molecule has 78 valence electrons. The maximum atomic E-state index is 12.3. The number of halogens is 3. The van der Waals surface area contributed by atoms with Gasteiger partial charge in [-0.2, -0.15) is 13.2 Å². The predicted molar refractivity (Wildman–Crippen MR) is 40.2 cm³/mol. The van der Waals surface area contributed by atoms with Gasteiger partial charge in [0.15, 0.2) is 11.9 Å². The lowest BCUT2D eigenvalue weighted by molar-refractivity contribution is -0.352. The summed E-state index contributed by atoms with van der Waals surface area (Å²) in [6.07, 6.45) is -6.55. The molecule has 1 rings (SSSR count). The van der Waals surface area contributed by atoms with Crippen molar-refractivity contribution in [3.05, 3.63) is 0 Å². The van der Waals surface area contributed by atoms with E-state index in [2.05, 4.69) is 0 Å². The summed E-state index contributed by atoms with van der Waals surface area (Å²) in [5.41, 5.74) is 0. The van der Waals surface area contributed by atoms with Crippen LogP contribution in [0.25, 0.3) is 0 Å². The number of hydrogen-bond acceptors (Lipinski definition) is 2. The fraction of sp³-hybridized carbons (Fsp3) is 1.00. The Labute approximate surface area is 75.0 Å². The maximum Gasteiger partial charge on any atom is 0.414 e. The molecule has 0 aliphatic carbocycles. The van der Waals surface area contributed by atoms with E-state index in [9.17, 15) is 13.2 Å². The minimum absolute atomic E-state index is 0.132. The minimum Gasteiger partial charge on any atom is -0.347 e. The zero-order chi connectivity index (χ0) is 10.3. The molecule has 2 atom stereocenters. The monoisotopic (exact) mass is 198 g/mol. The Kier molecular flexibility index (Phi) is 2.60. The van der Waals surface area contributed by atoms with Crippen molar-refractivity contribution in [1.82, 2.24) is 0 Å². The van der Waals surface area contributed by atoms with E-state index in [0.717, 1.165) is 0 Å². The van der Waals surface area contributed by atoms with Crippen molar-refractivity contribution < 1.29 is 22.6 Å². The fourth-order valence-corrected chi connectivity index (χ4v) is 1.45. The van der Waals surface area contributed by atoms with E-state index < -0.39 is 24.2 Å². The van der Waals surface area contributed by atoms with Crippen molar-refractivity contribution in [2.45, 2.75) is 51.4 Å². The van der Waals surface area contributed by atoms with Crippen molar-refractivity contribution in [1.29, 1.82) is 0 Å². The second kappa shape index (κ2) is 3.13. The van der Waals surface area contributed by atoms with Crippen LogP contribution in [-0.2, 0) is 9.47 Å². The Hall–Kier alpha value is -0.290. The lowest BCUT2D eigenvalue weighted by Gasteiger charge is -2.40. The Bertz CT molecular complexity index is 188. The zero-order valence-corrected chi connectivity index (χ0v) is 7.81. The SMILES string of the molecule is C[C@@H]1C[C@@H](C(F)(F)F)OC(C)(C)O1. The normalized spacial score (nSPS) is 34.6. The van der Waals surface area contributed by atoms with Gasteiger partial charge in [0.25, 0.3) is 0 Å². The van der Waals surface area contributed by atoms with Gasteiger partial charge < -0.3 is 9.47 Å². The summed E-state index contributed by atoms with van der Waals surface area (Å²) in [5, 5.41) is 0. The molecular weight excluding hydrogens is 185 g/mol. The molecule has 0 aromatic heterocycles. The predicted octanol–water partition coefficient (Wildman–Crippen LogP) is 2.48. The first-order valence-electron chi connectivity index (χ1n) is 4.13. The lowest BCUT2D eigenvalue weighted by atomic mass is 10.1. The first-order valence-corrected chi connectivity index (χ1v) is 4.13. The fourth-order valence-electron chi connectivity index (χ4n) is 1.45. The van der Waals surface area contributed by atoms with Crippen LogP contribution in [0.3, 0.4) is 0 Å². The van der Waals surface area contributed by atoms with Crippen LogP contribution in [0.1, 0.15) is 27.2 Å². The van der Waals surface area contributed by atoms with Gasteiger partial charge in [-0.25, -0.2) is 0 Å². The standard InChI is InChI=1S/C8H13F3O2/c1-5-4-6(8(9,10)11)13-7(2,3)12-5/h5-6H,4H2,1-3H3/t5-,6+/m1/s1. The van der Waals surface area contributed by atoms with E-state index in [4.69, 9.17) is 9.47 Å². The van der Waals surface area contributed by atoms with E-state index in [-0.39, 0.29) is 6.42 Å². The second-order valence-corrected chi connectivity index (χ2v) is 3.71. The van der Waals surface area contributed by atoms with Crippen molar-refractivity contribution in [2.75, 3.05) is 0 Å². The average Bonchev–Trinajstić information content (AvgIpc) is 1.79. The van der Waals surface area contributed by atoms with E-state index >= 15 is 0 Å². The van der Waals surface area contributed by atoms with Gasteiger partial charge in [-0.1, -0.05) is 0 Å². The summed E-state index contributed by atoms with van der Waals surface area (Å²) >= 11 is 0. The van der Waals surface area contributed by atoms with Gasteiger partial charge in [0, 0.05) is 6.42 Å². The largest absolute Gasteiger partial charge is 0.414 e. The highest BCUT2D eigenvalue weighted by molar-refractivity contribution is 4.78. The van der Waals surface area contributed by atoms with Crippen LogP contribution < -0.4 is 0 Å². The highest BCUT2D eigenvalue weighted by Gasteiger charge is 2.48. The summed E-state index contributed by atoms with van der Waals surface area (Å²) < 4.78 is 46.8. The Morgan fingerprint density at radius 1 is 1.23 bits per heavy atom. The number of alkyl halides is 3. The molecule has 13 heavy (non-hydrogen) atoms. The zero-order valence-electron chi connectivity index (χ0n) is 7.81. The first kappa shape index (κ1) is 10.8. The second-order valence-electron chi connectivity index (χ2n) is 3.71. The Balaban J connectivity index is 2.69. The number of rotatable bonds is 0. The summed E-state index contributed by atoms with van der Waals surface area (Å²) in [6.45, 7) is 4.59. The summed E-state index contributed by atoms with van der Waals surface area (Å²) in [6, 6.07) is 0. The quantitative estimate of drug-likeness (QED) is 0.595. The van der Waals surface area contributed by atoms with Crippen LogP contribution in [-0.4, -0.2) is 24.2 Å². The van der Waals surface area contributed by atoms with E-state index in [1.807, 2.05) is 0 Å². The molecule has 0 aromatic rings. The third-order valence-electron chi connectivity index (χ3n) is 1.82. The van der Waals surface area contributed by atoms with Gasteiger partial charge >= 0.3 is 6.18 Å². The summed E-state index contributed by atoms with van der Waals surface area (Å²) in [4.78, 5) is 0. The van der Waals surface area contributed by atoms with E-state index in [0.29, 0.717) is 0 Å². The molecule has 1 saturated heterocycles. The van der Waals surface area contributed by atoms with Gasteiger partial charge in [0.05, 0.1) is 6.10 Å². The number of ether oxygens (including phenoxy) is 2. The van der Waals surface area contributed by atoms with Gasteiger partial charge in [0.1, 0.15) is 0 Å². The third kappa shape index (κ3) is 2.84. The van der Waals surface area contributed by atoms with Crippen LogP contribution in [0.2, 0.25) is 0 Å². The van der Waals surface area contributed by atoms with Gasteiger partial charge in [-0.3, -0.25) is 0 Å². The van der Waals surface area contributed by atoms with Crippen LogP contribution >= 0.6 is 0 Å². The molecule has 0 amide bonds. The van der Waals surface area contributed by atoms with Crippen LogP contribution in [0.15, 0.2) is 0 Å². The molecule has 0 radical (unpaired) electrons. The van der Waals surface area contributed by atoms with Crippen LogP contribution in [0.4, 0.5) is 13.2 Å². The molecule has 1 fully saturated rings. The first-order chi connectivity index (χ1) is 5.71. The highest BCUT2D eigenvalue weighted by atomic mass is 19.4. The van der Waals surface area contributed by atoms with Crippen LogP contribution in [0, 0.1) is 0 Å². The van der Waals surface area contributed by atoms with Gasteiger partial charge in [-0.05, 0) is 20.8 Å². The molecule has 0 bridgehead atoms. The smallest absolute Gasteiger partial charge is 0.347 e. The lowest BCUT2D eigenvalue weighted by Crippen LogP contribution is -2.49. The van der Waals surface area contributed by atoms with E-state index in [1.54, 1.807) is 6.92 Å². The Morgan fingerprint density at radius 3 is 2.15 bits per heavy atom. The van der Waals surface area contributed by atoms with Crippen LogP contribution in [0.5, 0.6) is 0 Å². The molecule has 0 spiro atoms. The molecule has 1 heterocycles. The summed E-state index contributed by atoms with van der Waals surface area (Å²) in [5.74, 6) is -1.14. The molecular formula is C8H13F3O2. The molecule has 1 aliphatic heterocycles. The molecule has 1 aliphatic rings.